The lowest BCUT2D eigenvalue weighted by atomic mass is 9.96. The monoisotopic (exact) mass is 394 g/mol. The Morgan fingerprint density at radius 2 is 1.96 bits per heavy atom. The molecule has 0 radical (unpaired) electrons. The molecular formula is C19H21F3N4O2. The molecule has 0 saturated carbocycles. The molecule has 0 aliphatic carbocycles. The van der Waals surface area contributed by atoms with Crippen LogP contribution in [0.25, 0.3) is 0 Å². The van der Waals surface area contributed by atoms with E-state index in [0.29, 0.717) is 24.5 Å². The molecular weight excluding hydrogens is 373 g/mol. The lowest BCUT2D eigenvalue weighted by Crippen LogP contribution is -2.44. The minimum Gasteiger partial charge on any atom is -0.405 e. The second kappa shape index (κ2) is 8.45. The highest BCUT2D eigenvalue weighted by Gasteiger charge is 2.33. The molecule has 150 valence electrons. The summed E-state index contributed by atoms with van der Waals surface area (Å²) in [6, 6.07) is 7.58. The third-order valence-corrected chi connectivity index (χ3v) is 4.59. The standard InChI is InChI=1S/C19H21F3N4O2/c1-25(12-14-6-2-3-8-16(14)28-19(20,21)22)17(27)15-7-4-11-26(13-15)18-23-9-5-10-24-18/h2-3,5-6,8-10,15H,4,7,11-13H2,1H3. The van der Waals surface area contributed by atoms with E-state index >= 15 is 0 Å². The van der Waals surface area contributed by atoms with Crippen LogP contribution >= 0.6 is 0 Å². The van der Waals surface area contributed by atoms with Crippen molar-refractivity contribution in [1.82, 2.24) is 14.9 Å². The van der Waals surface area contributed by atoms with Crippen LogP contribution in [0.15, 0.2) is 42.7 Å². The van der Waals surface area contributed by atoms with Crippen molar-refractivity contribution in [2.45, 2.75) is 25.7 Å². The van der Waals surface area contributed by atoms with Crippen LogP contribution in [0, 0.1) is 5.92 Å². The minimum atomic E-state index is -4.78. The van der Waals surface area contributed by atoms with Crippen LogP contribution in [0.1, 0.15) is 18.4 Å². The highest BCUT2D eigenvalue weighted by molar-refractivity contribution is 5.79. The lowest BCUT2D eigenvalue weighted by molar-refractivity contribution is -0.275. The first kappa shape index (κ1) is 19.9. The molecule has 0 spiro atoms. The molecule has 1 aromatic carbocycles. The fourth-order valence-corrected chi connectivity index (χ4v) is 3.32. The Labute approximate surface area is 160 Å². The third kappa shape index (κ3) is 5.11. The molecule has 1 amide bonds. The normalized spacial score (nSPS) is 17.3. The molecule has 1 fully saturated rings. The van der Waals surface area contributed by atoms with Crippen molar-refractivity contribution in [3.63, 3.8) is 0 Å². The Hall–Kier alpha value is -2.84. The van der Waals surface area contributed by atoms with Crippen molar-refractivity contribution in [3.8, 4) is 5.75 Å². The largest absolute Gasteiger partial charge is 0.573 e. The van der Waals surface area contributed by atoms with Gasteiger partial charge in [0.15, 0.2) is 0 Å². The maximum Gasteiger partial charge on any atom is 0.573 e. The molecule has 28 heavy (non-hydrogen) atoms. The SMILES string of the molecule is CN(Cc1ccccc1OC(F)(F)F)C(=O)C1CCCN(c2ncccn2)C1. The van der Waals surface area contributed by atoms with E-state index in [0.717, 1.165) is 13.0 Å². The number of benzene rings is 1. The van der Waals surface area contributed by atoms with Crippen LogP contribution < -0.4 is 9.64 Å². The number of hydrogen-bond acceptors (Lipinski definition) is 5. The number of halogens is 3. The number of carbonyl (C=O) groups is 1. The predicted octanol–water partition coefficient (Wildman–Crippen LogP) is 3.25. The first-order chi connectivity index (χ1) is 13.3. The molecule has 9 heteroatoms. The summed E-state index contributed by atoms with van der Waals surface area (Å²) in [5.74, 6) is -0.107. The van der Waals surface area contributed by atoms with Crippen LogP contribution in [0.2, 0.25) is 0 Å². The van der Waals surface area contributed by atoms with Crippen molar-refractivity contribution in [2.75, 3.05) is 25.0 Å². The second-order valence-corrected chi connectivity index (χ2v) is 6.68. The molecule has 1 atom stereocenters. The molecule has 2 aromatic rings. The summed E-state index contributed by atoms with van der Waals surface area (Å²) < 4.78 is 41.8. The zero-order valence-electron chi connectivity index (χ0n) is 15.4. The number of hydrogen-bond donors (Lipinski definition) is 0. The number of aromatic nitrogens is 2. The topological polar surface area (TPSA) is 58.6 Å². The summed E-state index contributed by atoms with van der Waals surface area (Å²) in [7, 11) is 1.59. The van der Waals surface area contributed by atoms with Crippen LogP contribution in [-0.2, 0) is 11.3 Å². The van der Waals surface area contributed by atoms with Crippen LogP contribution in [0.3, 0.4) is 0 Å². The summed E-state index contributed by atoms with van der Waals surface area (Å²) >= 11 is 0. The molecule has 0 bridgehead atoms. The van der Waals surface area contributed by atoms with Crippen molar-refractivity contribution in [3.05, 3.63) is 48.3 Å². The van der Waals surface area contributed by atoms with Gasteiger partial charge in [-0.2, -0.15) is 0 Å². The Morgan fingerprint density at radius 3 is 2.68 bits per heavy atom. The van der Waals surface area contributed by atoms with E-state index in [-0.39, 0.29) is 24.1 Å². The molecule has 0 N–H and O–H groups in total. The zero-order chi connectivity index (χ0) is 20.1. The van der Waals surface area contributed by atoms with E-state index in [1.807, 2.05) is 4.90 Å². The summed E-state index contributed by atoms with van der Waals surface area (Å²) in [4.78, 5) is 24.7. The Balaban J connectivity index is 1.66. The van der Waals surface area contributed by atoms with E-state index in [1.165, 1.54) is 23.1 Å². The maximum atomic E-state index is 12.9. The van der Waals surface area contributed by atoms with Gasteiger partial charge >= 0.3 is 6.36 Å². The van der Waals surface area contributed by atoms with Gasteiger partial charge in [-0.15, -0.1) is 13.2 Å². The van der Waals surface area contributed by atoms with Gasteiger partial charge < -0.3 is 14.5 Å². The fraction of sp³-hybridized carbons (Fsp3) is 0.421. The summed E-state index contributed by atoms with van der Waals surface area (Å²) in [5.41, 5.74) is 0.301. The van der Waals surface area contributed by atoms with E-state index in [4.69, 9.17) is 0 Å². The molecule has 2 heterocycles. The van der Waals surface area contributed by atoms with Crippen LogP contribution in [0.4, 0.5) is 19.1 Å². The first-order valence-electron chi connectivity index (χ1n) is 8.94. The number of alkyl halides is 3. The molecule has 1 aliphatic rings. The van der Waals surface area contributed by atoms with Crippen molar-refractivity contribution >= 4 is 11.9 Å². The van der Waals surface area contributed by atoms with Crippen molar-refractivity contribution in [1.29, 1.82) is 0 Å². The molecule has 6 nitrogen and oxygen atoms in total. The Kier molecular flexibility index (Phi) is 6.01. The molecule has 1 aliphatic heterocycles. The van der Waals surface area contributed by atoms with Crippen LogP contribution in [0.5, 0.6) is 5.75 Å². The van der Waals surface area contributed by atoms with E-state index < -0.39 is 6.36 Å². The number of amides is 1. The minimum absolute atomic E-state index is 0.0312. The maximum absolute atomic E-state index is 12.9. The molecule has 3 rings (SSSR count). The smallest absolute Gasteiger partial charge is 0.405 e. The first-order valence-corrected chi connectivity index (χ1v) is 8.94. The Morgan fingerprint density at radius 1 is 1.25 bits per heavy atom. The van der Waals surface area contributed by atoms with Gasteiger partial charge in [0, 0.05) is 44.6 Å². The average molecular weight is 394 g/mol. The predicted molar refractivity (Wildman–Crippen MR) is 96.6 cm³/mol. The van der Waals surface area contributed by atoms with Gasteiger partial charge in [0.1, 0.15) is 5.75 Å². The Bertz CT molecular complexity index is 801. The van der Waals surface area contributed by atoms with Crippen LogP contribution in [-0.4, -0.2) is 47.3 Å². The highest BCUT2D eigenvalue weighted by atomic mass is 19.4. The highest BCUT2D eigenvalue weighted by Crippen LogP contribution is 2.28. The van der Waals surface area contributed by atoms with Gasteiger partial charge in [0.25, 0.3) is 0 Å². The number of para-hydroxylation sites is 1. The molecule has 1 saturated heterocycles. The number of anilines is 1. The summed E-state index contributed by atoms with van der Waals surface area (Å²) in [5, 5.41) is 0. The molecule has 1 aromatic heterocycles. The number of carbonyl (C=O) groups excluding carboxylic acids is 1. The lowest BCUT2D eigenvalue weighted by Gasteiger charge is -2.34. The van der Waals surface area contributed by atoms with Gasteiger partial charge in [0.05, 0.1) is 5.92 Å². The average Bonchev–Trinajstić information content (AvgIpc) is 2.68. The van der Waals surface area contributed by atoms with E-state index in [1.54, 1.807) is 31.6 Å². The van der Waals surface area contributed by atoms with Gasteiger partial charge in [-0.1, -0.05) is 18.2 Å². The number of rotatable bonds is 5. The third-order valence-electron chi connectivity index (χ3n) is 4.59. The van der Waals surface area contributed by atoms with Gasteiger partial charge in [-0.25, -0.2) is 9.97 Å². The van der Waals surface area contributed by atoms with Gasteiger partial charge in [-0.05, 0) is 25.0 Å². The zero-order valence-corrected chi connectivity index (χ0v) is 15.4. The van der Waals surface area contributed by atoms with Crippen molar-refractivity contribution in [2.24, 2.45) is 5.92 Å². The van der Waals surface area contributed by atoms with Crippen molar-refractivity contribution < 1.29 is 22.7 Å². The van der Waals surface area contributed by atoms with E-state index in [2.05, 4.69) is 14.7 Å². The van der Waals surface area contributed by atoms with Gasteiger partial charge in [-0.3, -0.25) is 4.79 Å². The van der Waals surface area contributed by atoms with Gasteiger partial charge in [0.2, 0.25) is 11.9 Å². The van der Waals surface area contributed by atoms with E-state index in [9.17, 15) is 18.0 Å². The summed E-state index contributed by atoms with van der Waals surface area (Å²) in [6.07, 6.45) is 0.0522. The summed E-state index contributed by atoms with van der Waals surface area (Å²) in [6.45, 7) is 1.27. The number of piperidine rings is 1. The second-order valence-electron chi connectivity index (χ2n) is 6.68. The number of ether oxygens (including phenoxy) is 1. The number of nitrogens with zero attached hydrogens (tertiary/aromatic N) is 4. The molecule has 1 unspecified atom stereocenters. The fourth-order valence-electron chi connectivity index (χ4n) is 3.32. The quantitative estimate of drug-likeness (QED) is 0.779.